The van der Waals surface area contributed by atoms with Crippen LogP contribution in [0.15, 0.2) is 65.9 Å². The van der Waals surface area contributed by atoms with Crippen LogP contribution in [0.1, 0.15) is 35.2 Å². The van der Waals surface area contributed by atoms with Crippen molar-refractivity contribution in [2.24, 2.45) is 0 Å². The lowest BCUT2D eigenvalue weighted by Gasteiger charge is -2.28. The number of hydrogen-bond donors (Lipinski definition) is 2. The molecule has 9 nitrogen and oxygen atoms in total. The predicted octanol–water partition coefficient (Wildman–Crippen LogP) is 5.60. The molecule has 11 heteroatoms. The molecular weight excluding hydrogens is 523 g/mol. The molecule has 0 saturated heterocycles. The van der Waals surface area contributed by atoms with Gasteiger partial charge in [-0.05, 0) is 78.2 Å². The molecule has 39 heavy (non-hydrogen) atoms. The second-order valence-corrected chi connectivity index (χ2v) is 9.52. The van der Waals surface area contributed by atoms with Crippen molar-refractivity contribution in [3.8, 4) is 11.5 Å². The topological polar surface area (TPSA) is 103 Å². The summed E-state index contributed by atoms with van der Waals surface area (Å²) in [6.07, 6.45) is 0. The number of carbonyl (C=O) groups excluding carboxylic acids is 1. The van der Waals surface area contributed by atoms with E-state index >= 15 is 0 Å². The molecule has 0 aliphatic carbocycles. The average Bonchev–Trinajstić information content (AvgIpc) is 3.38. The molecule has 1 atom stereocenters. The van der Waals surface area contributed by atoms with E-state index in [9.17, 15) is 9.18 Å². The number of nitrogens with zero attached hydrogens (tertiary/aromatic N) is 4. The quantitative estimate of drug-likeness (QED) is 0.310. The number of allylic oxidation sites excluding steroid dienone is 1. The maximum atomic E-state index is 14.2. The fraction of sp³-hybridized carbons (Fsp3) is 0.214. The van der Waals surface area contributed by atoms with Crippen LogP contribution >= 0.6 is 11.6 Å². The van der Waals surface area contributed by atoms with Gasteiger partial charge in [-0.25, -0.2) is 4.39 Å². The number of aromatic nitrogens is 4. The van der Waals surface area contributed by atoms with Crippen LogP contribution in [0.4, 0.5) is 16.0 Å². The van der Waals surface area contributed by atoms with Gasteiger partial charge in [-0.2, -0.15) is 4.68 Å². The minimum Gasteiger partial charge on any atom is -0.493 e. The van der Waals surface area contributed by atoms with Crippen molar-refractivity contribution in [3.63, 3.8) is 0 Å². The maximum Gasteiger partial charge on any atom is 0.255 e. The summed E-state index contributed by atoms with van der Waals surface area (Å²) in [5, 5.41) is 18.4. The first kappa shape index (κ1) is 26.2. The van der Waals surface area contributed by atoms with Crippen LogP contribution in [0, 0.1) is 19.7 Å². The number of methoxy groups -OCH3 is 1. The van der Waals surface area contributed by atoms with Crippen molar-refractivity contribution < 1.29 is 18.7 Å². The molecule has 1 aliphatic rings. The Morgan fingerprint density at radius 3 is 2.69 bits per heavy atom. The Labute approximate surface area is 229 Å². The largest absolute Gasteiger partial charge is 0.493 e. The van der Waals surface area contributed by atoms with Gasteiger partial charge >= 0.3 is 0 Å². The molecule has 0 bridgehead atoms. The highest BCUT2D eigenvalue weighted by atomic mass is 35.5. The van der Waals surface area contributed by atoms with Gasteiger partial charge in [-0.3, -0.25) is 4.79 Å². The summed E-state index contributed by atoms with van der Waals surface area (Å²) in [5.74, 6) is 0.412. The SMILES string of the molecule is COc1cc(C2C(C(=O)Nc3cccc(C)c3C)=C(C)Nc3nnnn32)ccc1OCc1c(F)cccc1Cl. The summed E-state index contributed by atoms with van der Waals surface area (Å²) in [5.41, 5.74) is 4.73. The molecule has 2 heterocycles. The summed E-state index contributed by atoms with van der Waals surface area (Å²) >= 11 is 6.15. The summed E-state index contributed by atoms with van der Waals surface area (Å²) < 4.78 is 27.3. The van der Waals surface area contributed by atoms with Crippen molar-refractivity contribution in [1.29, 1.82) is 0 Å². The van der Waals surface area contributed by atoms with Gasteiger partial charge in [-0.1, -0.05) is 41.0 Å². The first-order valence-electron chi connectivity index (χ1n) is 12.1. The Morgan fingerprint density at radius 2 is 1.92 bits per heavy atom. The zero-order valence-electron chi connectivity index (χ0n) is 21.8. The van der Waals surface area contributed by atoms with Crippen LogP contribution in [0.3, 0.4) is 0 Å². The lowest BCUT2D eigenvalue weighted by atomic mass is 9.94. The third kappa shape index (κ3) is 5.03. The number of carbonyl (C=O) groups is 1. The van der Waals surface area contributed by atoms with Crippen molar-refractivity contribution >= 4 is 29.1 Å². The van der Waals surface area contributed by atoms with Gasteiger partial charge in [0.05, 0.1) is 17.7 Å². The Bertz CT molecular complexity index is 1580. The van der Waals surface area contributed by atoms with Crippen LogP contribution in [0.2, 0.25) is 5.02 Å². The fourth-order valence-corrected chi connectivity index (χ4v) is 4.70. The summed E-state index contributed by atoms with van der Waals surface area (Å²) in [7, 11) is 1.50. The lowest BCUT2D eigenvalue weighted by Crippen LogP contribution is -2.31. The van der Waals surface area contributed by atoms with Gasteiger partial charge in [0, 0.05) is 16.9 Å². The van der Waals surface area contributed by atoms with Crippen LogP contribution in [0.25, 0.3) is 0 Å². The van der Waals surface area contributed by atoms with Crippen LogP contribution in [-0.4, -0.2) is 33.2 Å². The fourth-order valence-electron chi connectivity index (χ4n) is 4.48. The van der Waals surface area contributed by atoms with E-state index in [0.717, 1.165) is 16.8 Å². The Kier molecular flexibility index (Phi) is 7.21. The van der Waals surface area contributed by atoms with E-state index in [2.05, 4.69) is 26.2 Å². The highest BCUT2D eigenvalue weighted by Crippen LogP contribution is 2.39. The highest BCUT2D eigenvalue weighted by Gasteiger charge is 2.34. The molecule has 3 aromatic carbocycles. The summed E-state index contributed by atoms with van der Waals surface area (Å²) in [4.78, 5) is 13.7. The molecule has 1 amide bonds. The Morgan fingerprint density at radius 1 is 1.13 bits per heavy atom. The lowest BCUT2D eigenvalue weighted by molar-refractivity contribution is -0.113. The molecule has 0 fully saturated rings. The van der Waals surface area contributed by atoms with Gasteiger partial charge in [0.25, 0.3) is 5.91 Å². The number of ether oxygens (including phenoxy) is 2. The number of anilines is 2. The molecule has 2 N–H and O–H groups in total. The number of benzene rings is 3. The monoisotopic (exact) mass is 548 g/mol. The van der Waals surface area contributed by atoms with Crippen LogP contribution in [0.5, 0.6) is 11.5 Å². The Balaban J connectivity index is 1.49. The number of hydrogen-bond acceptors (Lipinski definition) is 7. The van der Waals surface area contributed by atoms with Gasteiger partial charge in [0.2, 0.25) is 5.95 Å². The number of aryl methyl sites for hydroxylation is 1. The second-order valence-electron chi connectivity index (χ2n) is 9.11. The molecule has 1 unspecified atom stereocenters. The molecule has 1 aliphatic heterocycles. The molecule has 0 spiro atoms. The van der Waals surface area contributed by atoms with Gasteiger partial charge in [-0.15, -0.1) is 0 Å². The van der Waals surface area contributed by atoms with Crippen molar-refractivity contribution in [2.75, 3.05) is 17.7 Å². The summed E-state index contributed by atoms with van der Waals surface area (Å²) in [6, 6.07) is 14.8. The molecule has 0 radical (unpaired) electrons. The third-order valence-electron chi connectivity index (χ3n) is 6.75. The molecule has 4 aromatic rings. The van der Waals surface area contributed by atoms with Crippen molar-refractivity contribution in [1.82, 2.24) is 20.2 Å². The van der Waals surface area contributed by atoms with Crippen LogP contribution in [-0.2, 0) is 11.4 Å². The predicted molar refractivity (Wildman–Crippen MR) is 146 cm³/mol. The zero-order chi connectivity index (χ0) is 27.7. The first-order chi connectivity index (χ1) is 18.8. The van der Waals surface area contributed by atoms with Gasteiger partial charge in [0.15, 0.2) is 11.5 Å². The number of tetrazole rings is 1. The molecule has 1 aromatic heterocycles. The average molecular weight is 549 g/mol. The van der Waals surface area contributed by atoms with E-state index in [0.29, 0.717) is 34.3 Å². The first-order valence-corrected chi connectivity index (χ1v) is 12.5. The number of nitrogens with one attached hydrogen (secondary N) is 2. The van der Waals surface area contributed by atoms with E-state index in [1.54, 1.807) is 35.9 Å². The highest BCUT2D eigenvalue weighted by molar-refractivity contribution is 6.31. The van der Waals surface area contributed by atoms with Gasteiger partial charge < -0.3 is 20.1 Å². The summed E-state index contributed by atoms with van der Waals surface area (Å²) in [6.45, 7) is 5.66. The smallest absolute Gasteiger partial charge is 0.255 e. The molecule has 5 rings (SSSR count). The number of amides is 1. The normalized spacial score (nSPS) is 14.5. The Hall–Kier alpha value is -4.44. The zero-order valence-corrected chi connectivity index (χ0v) is 22.5. The minimum atomic E-state index is -0.662. The van der Waals surface area contributed by atoms with E-state index in [1.165, 1.54) is 19.2 Å². The number of rotatable bonds is 7. The maximum absolute atomic E-state index is 14.2. The van der Waals surface area contributed by atoms with Gasteiger partial charge in [0.1, 0.15) is 18.5 Å². The van der Waals surface area contributed by atoms with Crippen molar-refractivity contribution in [2.45, 2.75) is 33.4 Å². The molecule has 200 valence electrons. The van der Waals surface area contributed by atoms with E-state index in [1.807, 2.05) is 32.0 Å². The number of halogens is 2. The standard InChI is InChI=1S/C28H26ClFN6O3/c1-15-7-5-10-22(16(15)2)32-27(37)25-17(3)31-28-33-34-35-36(28)26(25)18-11-12-23(24(13-18)38-4)39-14-19-20(29)8-6-9-21(19)30/h5-13,26H,14H2,1-4H3,(H,32,37)(H,31,33,35). The van der Waals surface area contributed by atoms with Crippen molar-refractivity contribution in [3.05, 3.63) is 99.0 Å². The minimum absolute atomic E-state index is 0.0891. The van der Waals surface area contributed by atoms with Crippen LogP contribution < -0.4 is 20.1 Å². The second kappa shape index (κ2) is 10.7. The molecular formula is C28H26ClFN6O3. The third-order valence-corrected chi connectivity index (χ3v) is 7.10. The van der Waals surface area contributed by atoms with E-state index in [4.69, 9.17) is 21.1 Å². The molecule has 0 saturated carbocycles. The van der Waals surface area contributed by atoms with E-state index in [-0.39, 0.29) is 23.1 Å². The number of fused-ring (bicyclic) bond motifs is 1. The van der Waals surface area contributed by atoms with E-state index < -0.39 is 11.9 Å².